The summed E-state index contributed by atoms with van der Waals surface area (Å²) in [7, 11) is 0. The molecule has 1 aliphatic rings. The van der Waals surface area contributed by atoms with Crippen molar-refractivity contribution in [2.24, 2.45) is 0 Å². The first-order chi connectivity index (χ1) is 16.2. The van der Waals surface area contributed by atoms with Crippen LogP contribution in [0, 0.1) is 6.92 Å². The van der Waals surface area contributed by atoms with E-state index in [9.17, 15) is 4.79 Å². The van der Waals surface area contributed by atoms with E-state index in [0.29, 0.717) is 29.6 Å². The maximum Gasteiger partial charge on any atom is 0.258 e. The quantitative estimate of drug-likeness (QED) is 0.460. The van der Waals surface area contributed by atoms with Gasteiger partial charge < -0.3 is 19.5 Å². The average Bonchev–Trinajstić information content (AvgIpc) is 3.32. The lowest BCUT2D eigenvalue weighted by molar-refractivity contribution is 0.0947. The number of aromatic nitrogens is 2. The molecule has 0 radical (unpaired) electrons. The minimum Gasteiger partial charge on any atom is -0.454 e. The Labute approximate surface area is 191 Å². The second kappa shape index (κ2) is 9.00. The first kappa shape index (κ1) is 20.5. The lowest BCUT2D eigenvalue weighted by Gasteiger charge is -2.13. The molecule has 0 unspecified atom stereocenters. The van der Waals surface area contributed by atoms with Crippen LogP contribution in [-0.2, 0) is 6.54 Å². The number of aryl methyl sites for hydroxylation is 1. The van der Waals surface area contributed by atoms with E-state index in [2.05, 4.69) is 15.3 Å². The van der Waals surface area contributed by atoms with Crippen LogP contribution in [0.1, 0.15) is 21.5 Å². The molecule has 5 rings (SSSR count). The van der Waals surface area contributed by atoms with Gasteiger partial charge in [-0.3, -0.25) is 4.79 Å². The van der Waals surface area contributed by atoms with Crippen LogP contribution in [0.3, 0.4) is 0 Å². The summed E-state index contributed by atoms with van der Waals surface area (Å²) in [4.78, 5) is 22.0. The summed E-state index contributed by atoms with van der Waals surface area (Å²) in [6.07, 6.45) is 1.50. The Morgan fingerprint density at radius 1 is 1.00 bits per heavy atom. The van der Waals surface area contributed by atoms with Crippen LogP contribution in [0.15, 0.2) is 79.0 Å². The van der Waals surface area contributed by atoms with Crippen LogP contribution in [-0.4, -0.2) is 22.7 Å². The standard InChI is InChI=1S/C26H21N3O4/c1-17-7-5-6-10-21(17)33-26-20(15-27-24(29-26)19-8-3-2-4-9-19)25(30)28-14-18-11-12-22-23(13-18)32-16-31-22/h2-13,15H,14,16H2,1H3,(H,28,30). The molecular weight excluding hydrogens is 418 g/mol. The zero-order chi connectivity index (χ0) is 22.6. The molecule has 0 aliphatic carbocycles. The van der Waals surface area contributed by atoms with Crippen LogP contribution in [0.2, 0.25) is 0 Å². The molecule has 1 amide bonds. The molecule has 164 valence electrons. The molecule has 1 aliphatic heterocycles. The van der Waals surface area contributed by atoms with Crippen molar-refractivity contribution < 1.29 is 19.0 Å². The summed E-state index contributed by atoms with van der Waals surface area (Å²) in [5, 5.41) is 2.91. The lowest BCUT2D eigenvalue weighted by atomic mass is 10.2. The molecule has 7 heteroatoms. The second-order valence-corrected chi connectivity index (χ2v) is 7.52. The number of para-hydroxylation sites is 1. The van der Waals surface area contributed by atoms with E-state index in [1.807, 2.05) is 79.7 Å². The molecule has 0 atom stereocenters. The molecule has 3 aromatic carbocycles. The largest absolute Gasteiger partial charge is 0.454 e. The summed E-state index contributed by atoms with van der Waals surface area (Å²) < 4.78 is 16.8. The molecule has 0 spiro atoms. The molecular formula is C26H21N3O4. The Morgan fingerprint density at radius 3 is 2.64 bits per heavy atom. The number of fused-ring (bicyclic) bond motifs is 1. The van der Waals surface area contributed by atoms with Crippen molar-refractivity contribution in [2.45, 2.75) is 13.5 Å². The highest BCUT2D eigenvalue weighted by atomic mass is 16.7. The number of nitrogens with one attached hydrogen (secondary N) is 1. The van der Waals surface area contributed by atoms with Crippen LogP contribution >= 0.6 is 0 Å². The Balaban J connectivity index is 1.42. The first-order valence-electron chi connectivity index (χ1n) is 10.5. The summed E-state index contributed by atoms with van der Waals surface area (Å²) >= 11 is 0. The summed E-state index contributed by atoms with van der Waals surface area (Å²) in [5.74, 6) is 2.33. The van der Waals surface area contributed by atoms with Crippen LogP contribution in [0.4, 0.5) is 0 Å². The Morgan fingerprint density at radius 2 is 1.79 bits per heavy atom. The van der Waals surface area contributed by atoms with Crippen molar-refractivity contribution in [1.29, 1.82) is 0 Å². The number of carbonyl (C=O) groups is 1. The number of carbonyl (C=O) groups excluding carboxylic acids is 1. The number of rotatable bonds is 6. The van der Waals surface area contributed by atoms with Gasteiger partial charge in [-0.15, -0.1) is 0 Å². The number of benzene rings is 3. The van der Waals surface area contributed by atoms with E-state index in [-0.39, 0.29) is 24.1 Å². The highest BCUT2D eigenvalue weighted by molar-refractivity contribution is 5.96. The van der Waals surface area contributed by atoms with Crippen LogP contribution in [0.5, 0.6) is 23.1 Å². The molecule has 0 bridgehead atoms. The summed E-state index contributed by atoms with van der Waals surface area (Å²) in [6.45, 7) is 2.45. The van der Waals surface area contributed by atoms with Gasteiger partial charge in [0.25, 0.3) is 5.91 Å². The fraction of sp³-hybridized carbons (Fsp3) is 0.115. The third kappa shape index (κ3) is 4.48. The Hall–Kier alpha value is -4.39. The summed E-state index contributed by atoms with van der Waals surface area (Å²) in [6, 6.07) is 22.7. The molecule has 0 fully saturated rings. The predicted octanol–water partition coefficient (Wildman–Crippen LogP) is 4.90. The maximum atomic E-state index is 13.1. The highest BCUT2D eigenvalue weighted by Gasteiger charge is 2.19. The normalized spacial score (nSPS) is 11.8. The number of hydrogen-bond donors (Lipinski definition) is 1. The van der Waals surface area contributed by atoms with Gasteiger partial charge in [0.15, 0.2) is 17.3 Å². The van der Waals surface area contributed by atoms with Gasteiger partial charge in [0.05, 0.1) is 0 Å². The third-order valence-electron chi connectivity index (χ3n) is 5.22. The number of amides is 1. The molecule has 1 N–H and O–H groups in total. The van der Waals surface area contributed by atoms with Gasteiger partial charge in [0.1, 0.15) is 11.3 Å². The van der Waals surface area contributed by atoms with Gasteiger partial charge in [-0.05, 0) is 36.2 Å². The minimum atomic E-state index is -0.337. The van der Waals surface area contributed by atoms with Crippen molar-refractivity contribution in [3.05, 3.63) is 95.7 Å². The highest BCUT2D eigenvalue weighted by Crippen LogP contribution is 2.32. The Bertz CT molecular complexity index is 1310. The van der Waals surface area contributed by atoms with Gasteiger partial charge in [-0.1, -0.05) is 54.6 Å². The third-order valence-corrected chi connectivity index (χ3v) is 5.22. The zero-order valence-corrected chi connectivity index (χ0v) is 17.9. The van der Waals surface area contributed by atoms with Crippen LogP contribution in [0.25, 0.3) is 11.4 Å². The number of ether oxygens (including phenoxy) is 3. The topological polar surface area (TPSA) is 82.6 Å². The van der Waals surface area contributed by atoms with E-state index in [1.165, 1.54) is 6.20 Å². The molecule has 0 saturated carbocycles. The van der Waals surface area contributed by atoms with E-state index in [4.69, 9.17) is 14.2 Å². The monoisotopic (exact) mass is 439 g/mol. The molecule has 7 nitrogen and oxygen atoms in total. The van der Waals surface area contributed by atoms with E-state index < -0.39 is 0 Å². The van der Waals surface area contributed by atoms with Crippen molar-refractivity contribution in [1.82, 2.24) is 15.3 Å². The fourth-order valence-electron chi connectivity index (χ4n) is 3.43. The lowest BCUT2D eigenvalue weighted by Crippen LogP contribution is -2.24. The predicted molar refractivity (Wildman–Crippen MR) is 122 cm³/mol. The molecule has 1 aromatic heterocycles. The van der Waals surface area contributed by atoms with Crippen molar-refractivity contribution in [2.75, 3.05) is 6.79 Å². The molecule has 4 aromatic rings. The van der Waals surface area contributed by atoms with Crippen LogP contribution < -0.4 is 19.5 Å². The van der Waals surface area contributed by atoms with Crippen molar-refractivity contribution >= 4 is 5.91 Å². The van der Waals surface area contributed by atoms with E-state index >= 15 is 0 Å². The number of nitrogens with zero attached hydrogens (tertiary/aromatic N) is 2. The van der Waals surface area contributed by atoms with Gasteiger partial charge >= 0.3 is 0 Å². The Kier molecular flexibility index (Phi) is 5.59. The second-order valence-electron chi connectivity index (χ2n) is 7.52. The van der Waals surface area contributed by atoms with Gasteiger partial charge in [0, 0.05) is 18.3 Å². The fourth-order valence-corrected chi connectivity index (χ4v) is 3.43. The van der Waals surface area contributed by atoms with E-state index in [1.54, 1.807) is 0 Å². The van der Waals surface area contributed by atoms with Gasteiger partial charge in [-0.2, -0.15) is 4.98 Å². The van der Waals surface area contributed by atoms with Crippen molar-refractivity contribution in [3.8, 4) is 34.5 Å². The maximum absolute atomic E-state index is 13.1. The number of hydrogen-bond acceptors (Lipinski definition) is 6. The zero-order valence-electron chi connectivity index (χ0n) is 17.9. The first-order valence-corrected chi connectivity index (χ1v) is 10.5. The molecule has 33 heavy (non-hydrogen) atoms. The van der Waals surface area contributed by atoms with Crippen molar-refractivity contribution in [3.63, 3.8) is 0 Å². The minimum absolute atomic E-state index is 0.196. The molecule has 2 heterocycles. The van der Waals surface area contributed by atoms with Gasteiger partial charge in [0.2, 0.25) is 12.7 Å². The molecule has 0 saturated heterocycles. The summed E-state index contributed by atoms with van der Waals surface area (Å²) in [5.41, 5.74) is 2.90. The smallest absolute Gasteiger partial charge is 0.258 e. The van der Waals surface area contributed by atoms with E-state index in [0.717, 1.165) is 16.7 Å². The van der Waals surface area contributed by atoms with Gasteiger partial charge in [-0.25, -0.2) is 4.98 Å². The SMILES string of the molecule is Cc1ccccc1Oc1nc(-c2ccccc2)ncc1C(=O)NCc1ccc2c(c1)OCO2. The average molecular weight is 439 g/mol.